The molecule has 16 heavy (non-hydrogen) atoms. The topological polar surface area (TPSA) is 23.6 Å². The number of amides is 1. The number of rotatable bonds is 4. The van der Waals surface area contributed by atoms with Crippen LogP contribution in [0.15, 0.2) is 29.2 Å². The molecule has 0 aliphatic carbocycles. The fourth-order valence-electron chi connectivity index (χ4n) is 1.28. The summed E-state index contributed by atoms with van der Waals surface area (Å²) < 4.78 is 0. The standard InChI is InChI=1S/C12H18N2OS/c1-13(2)8-9-14(3)12(15)10-4-6-11(16)7-5-10/h4-7,16H,8-9H2,1-3H3. The highest BCUT2D eigenvalue weighted by Crippen LogP contribution is 2.09. The zero-order valence-electron chi connectivity index (χ0n) is 9.97. The summed E-state index contributed by atoms with van der Waals surface area (Å²) in [7, 11) is 5.81. The SMILES string of the molecule is CN(C)CCN(C)C(=O)c1ccc(S)cc1. The van der Waals surface area contributed by atoms with E-state index in [2.05, 4.69) is 17.5 Å². The minimum absolute atomic E-state index is 0.0511. The summed E-state index contributed by atoms with van der Waals surface area (Å²) in [5.41, 5.74) is 0.707. The van der Waals surface area contributed by atoms with Crippen molar-refractivity contribution in [2.24, 2.45) is 0 Å². The van der Waals surface area contributed by atoms with Gasteiger partial charge < -0.3 is 9.80 Å². The first-order valence-electron chi connectivity index (χ1n) is 5.20. The van der Waals surface area contributed by atoms with Crippen LogP contribution in [0.2, 0.25) is 0 Å². The Kier molecular flexibility index (Phi) is 4.83. The molecule has 0 atom stereocenters. The Balaban J connectivity index is 2.60. The van der Waals surface area contributed by atoms with E-state index in [1.165, 1.54) is 0 Å². The molecule has 0 aliphatic heterocycles. The van der Waals surface area contributed by atoms with Gasteiger partial charge in [-0.25, -0.2) is 0 Å². The highest BCUT2D eigenvalue weighted by Gasteiger charge is 2.10. The molecule has 1 aromatic carbocycles. The predicted molar refractivity (Wildman–Crippen MR) is 69.2 cm³/mol. The van der Waals surface area contributed by atoms with E-state index in [1.807, 2.05) is 33.3 Å². The van der Waals surface area contributed by atoms with Crippen molar-refractivity contribution in [3.63, 3.8) is 0 Å². The quantitative estimate of drug-likeness (QED) is 0.806. The molecule has 0 aromatic heterocycles. The second-order valence-corrected chi connectivity index (χ2v) is 4.59. The Labute approximate surface area is 102 Å². The Bertz CT molecular complexity index is 349. The van der Waals surface area contributed by atoms with Gasteiger partial charge in [0, 0.05) is 30.6 Å². The van der Waals surface area contributed by atoms with Gasteiger partial charge in [0.2, 0.25) is 0 Å². The summed E-state index contributed by atoms with van der Waals surface area (Å²) in [5.74, 6) is 0.0511. The van der Waals surface area contributed by atoms with Crippen LogP contribution in [0.5, 0.6) is 0 Å². The predicted octanol–water partition coefficient (Wildman–Crippen LogP) is 1.61. The fourth-order valence-corrected chi connectivity index (χ4v) is 1.43. The number of thiol groups is 1. The van der Waals surface area contributed by atoms with Gasteiger partial charge in [-0.2, -0.15) is 0 Å². The van der Waals surface area contributed by atoms with Crippen molar-refractivity contribution in [1.29, 1.82) is 0 Å². The number of hydrogen-bond acceptors (Lipinski definition) is 3. The number of likely N-dealkylation sites (N-methyl/N-ethyl adjacent to an activating group) is 2. The minimum atomic E-state index is 0.0511. The lowest BCUT2D eigenvalue weighted by Gasteiger charge is -2.19. The van der Waals surface area contributed by atoms with Gasteiger partial charge in [-0.3, -0.25) is 4.79 Å². The summed E-state index contributed by atoms with van der Waals surface area (Å²) in [5, 5.41) is 0. The van der Waals surface area contributed by atoms with Gasteiger partial charge in [0.1, 0.15) is 0 Å². The van der Waals surface area contributed by atoms with Crippen molar-refractivity contribution in [3.8, 4) is 0 Å². The molecule has 1 rings (SSSR count). The summed E-state index contributed by atoms with van der Waals surface area (Å²) >= 11 is 4.19. The molecule has 88 valence electrons. The van der Waals surface area contributed by atoms with Crippen LogP contribution >= 0.6 is 12.6 Å². The van der Waals surface area contributed by atoms with Crippen LogP contribution in [0, 0.1) is 0 Å². The van der Waals surface area contributed by atoms with Crippen LogP contribution in [0.25, 0.3) is 0 Å². The maximum absolute atomic E-state index is 12.0. The van der Waals surface area contributed by atoms with E-state index >= 15 is 0 Å². The lowest BCUT2D eigenvalue weighted by atomic mass is 10.2. The van der Waals surface area contributed by atoms with Crippen molar-refractivity contribution in [3.05, 3.63) is 29.8 Å². The number of carbonyl (C=O) groups is 1. The van der Waals surface area contributed by atoms with Crippen LogP contribution in [0.1, 0.15) is 10.4 Å². The molecule has 1 amide bonds. The van der Waals surface area contributed by atoms with Crippen LogP contribution in [-0.4, -0.2) is 49.9 Å². The fraction of sp³-hybridized carbons (Fsp3) is 0.417. The van der Waals surface area contributed by atoms with Gasteiger partial charge in [0.25, 0.3) is 5.91 Å². The van der Waals surface area contributed by atoms with Gasteiger partial charge in [0.05, 0.1) is 0 Å². The molecule has 0 saturated heterocycles. The normalized spacial score (nSPS) is 10.6. The molecule has 4 heteroatoms. The molecule has 3 nitrogen and oxygen atoms in total. The Morgan fingerprint density at radius 1 is 1.12 bits per heavy atom. The molecule has 0 heterocycles. The molecular formula is C12H18N2OS. The van der Waals surface area contributed by atoms with Gasteiger partial charge in [-0.15, -0.1) is 12.6 Å². The van der Waals surface area contributed by atoms with E-state index in [4.69, 9.17) is 0 Å². The van der Waals surface area contributed by atoms with E-state index in [0.29, 0.717) is 5.56 Å². The van der Waals surface area contributed by atoms with Crippen LogP contribution < -0.4 is 0 Å². The first-order chi connectivity index (χ1) is 7.50. The van der Waals surface area contributed by atoms with E-state index in [0.717, 1.165) is 18.0 Å². The third-order valence-electron chi connectivity index (χ3n) is 2.34. The minimum Gasteiger partial charge on any atom is -0.340 e. The molecule has 0 N–H and O–H groups in total. The van der Waals surface area contributed by atoms with Gasteiger partial charge in [-0.1, -0.05) is 0 Å². The van der Waals surface area contributed by atoms with E-state index in [1.54, 1.807) is 17.0 Å². The third kappa shape index (κ3) is 3.87. The maximum atomic E-state index is 12.0. The van der Waals surface area contributed by atoms with E-state index in [9.17, 15) is 4.79 Å². The monoisotopic (exact) mass is 238 g/mol. The van der Waals surface area contributed by atoms with Crippen molar-refractivity contribution in [2.75, 3.05) is 34.2 Å². The summed E-state index contributed by atoms with van der Waals surface area (Å²) in [6.45, 7) is 1.60. The first kappa shape index (κ1) is 13.1. The molecule has 1 aromatic rings. The average Bonchev–Trinajstić information content (AvgIpc) is 2.26. The van der Waals surface area contributed by atoms with Crippen LogP contribution in [0.4, 0.5) is 0 Å². The number of benzene rings is 1. The Hall–Kier alpha value is -1.00. The van der Waals surface area contributed by atoms with Crippen LogP contribution in [0.3, 0.4) is 0 Å². The molecular weight excluding hydrogens is 220 g/mol. The Morgan fingerprint density at radius 2 is 1.69 bits per heavy atom. The number of nitrogens with zero attached hydrogens (tertiary/aromatic N) is 2. The third-order valence-corrected chi connectivity index (χ3v) is 2.64. The van der Waals surface area contributed by atoms with Gasteiger partial charge in [0.15, 0.2) is 0 Å². The average molecular weight is 238 g/mol. The smallest absolute Gasteiger partial charge is 0.253 e. The van der Waals surface area contributed by atoms with Crippen molar-refractivity contribution in [1.82, 2.24) is 9.80 Å². The molecule has 0 radical (unpaired) electrons. The highest BCUT2D eigenvalue weighted by atomic mass is 32.1. The molecule has 0 fully saturated rings. The van der Waals surface area contributed by atoms with Crippen LogP contribution in [-0.2, 0) is 0 Å². The van der Waals surface area contributed by atoms with Gasteiger partial charge >= 0.3 is 0 Å². The molecule has 0 bridgehead atoms. The Morgan fingerprint density at radius 3 is 2.19 bits per heavy atom. The van der Waals surface area contributed by atoms with E-state index in [-0.39, 0.29) is 5.91 Å². The second kappa shape index (κ2) is 5.92. The second-order valence-electron chi connectivity index (χ2n) is 4.08. The van der Waals surface area contributed by atoms with Crippen molar-refractivity contribution < 1.29 is 4.79 Å². The zero-order valence-corrected chi connectivity index (χ0v) is 10.9. The number of hydrogen-bond donors (Lipinski definition) is 1. The van der Waals surface area contributed by atoms with Crippen molar-refractivity contribution >= 4 is 18.5 Å². The molecule has 0 spiro atoms. The summed E-state index contributed by atoms with van der Waals surface area (Å²) in [4.78, 5) is 16.6. The molecule has 0 unspecified atom stereocenters. The largest absolute Gasteiger partial charge is 0.340 e. The molecule has 0 aliphatic rings. The lowest BCUT2D eigenvalue weighted by molar-refractivity contribution is 0.0786. The highest BCUT2D eigenvalue weighted by molar-refractivity contribution is 7.80. The lowest BCUT2D eigenvalue weighted by Crippen LogP contribution is -2.33. The van der Waals surface area contributed by atoms with Crippen molar-refractivity contribution in [2.45, 2.75) is 4.90 Å². The first-order valence-corrected chi connectivity index (χ1v) is 5.64. The number of carbonyl (C=O) groups excluding carboxylic acids is 1. The maximum Gasteiger partial charge on any atom is 0.253 e. The zero-order chi connectivity index (χ0) is 12.1. The summed E-state index contributed by atoms with van der Waals surface area (Å²) in [6, 6.07) is 7.26. The van der Waals surface area contributed by atoms with Gasteiger partial charge in [-0.05, 0) is 38.4 Å². The summed E-state index contributed by atoms with van der Waals surface area (Å²) in [6.07, 6.45) is 0. The molecule has 0 saturated carbocycles. The van der Waals surface area contributed by atoms with E-state index < -0.39 is 0 Å².